The Bertz CT molecular complexity index is 305. The molecule has 0 aliphatic heterocycles. The summed E-state index contributed by atoms with van der Waals surface area (Å²) in [7, 11) is 0. The van der Waals surface area contributed by atoms with Crippen LogP contribution < -0.4 is 5.32 Å². The molecule has 90 valence electrons. The number of hydrogen-bond donors (Lipinski definition) is 1. The first-order valence-electron chi connectivity index (χ1n) is 6.45. The van der Waals surface area contributed by atoms with Crippen LogP contribution in [0.4, 0.5) is 5.13 Å². The van der Waals surface area contributed by atoms with Crippen LogP contribution in [0.5, 0.6) is 0 Å². The summed E-state index contributed by atoms with van der Waals surface area (Å²) in [5.74, 6) is 1.85. The van der Waals surface area contributed by atoms with E-state index >= 15 is 0 Å². The molecule has 1 aromatic heterocycles. The van der Waals surface area contributed by atoms with Gasteiger partial charge in [0.2, 0.25) is 5.13 Å². The molecule has 2 rings (SSSR count). The summed E-state index contributed by atoms with van der Waals surface area (Å²) in [6.45, 7) is 3.25. The van der Waals surface area contributed by atoms with E-state index in [1.807, 2.05) is 0 Å². The lowest BCUT2D eigenvalue weighted by Gasteiger charge is -2.21. The smallest absolute Gasteiger partial charge is 0.202 e. The van der Waals surface area contributed by atoms with Gasteiger partial charge in [0.1, 0.15) is 5.82 Å². The highest BCUT2D eigenvalue weighted by molar-refractivity contribution is 7.09. The average molecular weight is 239 g/mol. The zero-order valence-corrected chi connectivity index (χ0v) is 10.9. The lowest BCUT2D eigenvalue weighted by molar-refractivity contribution is 0.373. The van der Waals surface area contributed by atoms with E-state index in [9.17, 15) is 0 Å². The Hall–Kier alpha value is -0.640. The van der Waals surface area contributed by atoms with Gasteiger partial charge in [0.05, 0.1) is 0 Å². The number of hydrogen-bond acceptors (Lipinski definition) is 4. The Labute approximate surface area is 102 Å². The topological polar surface area (TPSA) is 37.8 Å². The minimum absolute atomic E-state index is 0.854. The lowest BCUT2D eigenvalue weighted by atomic mass is 9.89. The summed E-state index contributed by atoms with van der Waals surface area (Å²) in [5, 5.41) is 4.45. The van der Waals surface area contributed by atoms with E-state index in [2.05, 4.69) is 21.6 Å². The van der Waals surface area contributed by atoms with Crippen LogP contribution in [0.3, 0.4) is 0 Å². The molecule has 1 aromatic rings. The van der Waals surface area contributed by atoms with Crippen molar-refractivity contribution in [2.75, 3.05) is 11.9 Å². The monoisotopic (exact) mass is 239 g/mol. The van der Waals surface area contributed by atoms with Crippen LogP contribution in [-0.4, -0.2) is 15.9 Å². The van der Waals surface area contributed by atoms with Crippen molar-refractivity contribution >= 4 is 16.7 Å². The van der Waals surface area contributed by atoms with Gasteiger partial charge in [-0.1, -0.05) is 26.2 Å². The number of nitrogens with one attached hydrogen (secondary N) is 1. The molecule has 0 bridgehead atoms. The Morgan fingerprint density at radius 2 is 2.12 bits per heavy atom. The van der Waals surface area contributed by atoms with Gasteiger partial charge in [-0.2, -0.15) is 4.37 Å². The molecule has 1 aliphatic rings. The van der Waals surface area contributed by atoms with Crippen LogP contribution in [0.25, 0.3) is 0 Å². The Balaban J connectivity index is 1.75. The Morgan fingerprint density at radius 3 is 2.88 bits per heavy atom. The molecule has 0 amide bonds. The van der Waals surface area contributed by atoms with Crippen molar-refractivity contribution < 1.29 is 0 Å². The number of anilines is 1. The molecule has 1 fully saturated rings. The van der Waals surface area contributed by atoms with Crippen molar-refractivity contribution in [2.24, 2.45) is 5.92 Å². The number of nitrogens with zero attached hydrogens (tertiary/aromatic N) is 2. The first-order chi connectivity index (χ1) is 7.88. The summed E-state index contributed by atoms with van der Waals surface area (Å²) >= 11 is 1.51. The third kappa shape index (κ3) is 3.44. The fourth-order valence-electron chi connectivity index (χ4n) is 2.27. The van der Waals surface area contributed by atoms with Crippen molar-refractivity contribution in [1.29, 1.82) is 0 Å². The number of aromatic nitrogens is 2. The van der Waals surface area contributed by atoms with Crippen molar-refractivity contribution in [3.05, 3.63) is 5.82 Å². The quantitative estimate of drug-likeness (QED) is 0.854. The van der Waals surface area contributed by atoms with Crippen LogP contribution in [0.15, 0.2) is 0 Å². The molecule has 0 saturated heterocycles. The highest BCUT2D eigenvalue weighted by atomic mass is 32.1. The highest BCUT2D eigenvalue weighted by Gasteiger charge is 2.13. The summed E-state index contributed by atoms with van der Waals surface area (Å²) in [6, 6.07) is 0. The molecule has 0 atom stereocenters. The second kappa shape index (κ2) is 6.18. The maximum absolute atomic E-state index is 4.48. The molecule has 0 unspecified atom stereocenters. The van der Waals surface area contributed by atoms with E-state index in [4.69, 9.17) is 0 Å². The molecule has 0 spiro atoms. The van der Waals surface area contributed by atoms with Crippen LogP contribution in [0.2, 0.25) is 0 Å². The van der Waals surface area contributed by atoms with E-state index in [1.165, 1.54) is 43.6 Å². The van der Waals surface area contributed by atoms with Crippen molar-refractivity contribution in [1.82, 2.24) is 9.36 Å². The molecular formula is C12H21N3S. The van der Waals surface area contributed by atoms with Gasteiger partial charge in [0.25, 0.3) is 0 Å². The van der Waals surface area contributed by atoms with E-state index in [0.717, 1.165) is 36.3 Å². The van der Waals surface area contributed by atoms with Gasteiger partial charge in [0.15, 0.2) is 0 Å². The maximum atomic E-state index is 4.48. The molecule has 1 saturated carbocycles. The molecule has 16 heavy (non-hydrogen) atoms. The first kappa shape index (κ1) is 11.8. The summed E-state index contributed by atoms with van der Waals surface area (Å²) in [4.78, 5) is 4.48. The summed E-state index contributed by atoms with van der Waals surface area (Å²) in [6.07, 6.45) is 9.13. The van der Waals surface area contributed by atoms with Crippen molar-refractivity contribution in [2.45, 2.75) is 51.9 Å². The first-order valence-corrected chi connectivity index (χ1v) is 7.22. The van der Waals surface area contributed by atoms with Crippen molar-refractivity contribution in [3.63, 3.8) is 0 Å². The largest absolute Gasteiger partial charge is 0.360 e. The number of rotatable bonds is 5. The van der Waals surface area contributed by atoms with E-state index < -0.39 is 0 Å². The molecule has 3 nitrogen and oxygen atoms in total. The van der Waals surface area contributed by atoms with Crippen molar-refractivity contribution in [3.8, 4) is 0 Å². The Kier molecular flexibility index (Phi) is 4.57. The highest BCUT2D eigenvalue weighted by Crippen LogP contribution is 2.24. The molecule has 0 aromatic carbocycles. The normalized spacial score (nSPS) is 17.6. The third-order valence-electron chi connectivity index (χ3n) is 3.21. The van der Waals surface area contributed by atoms with E-state index in [-0.39, 0.29) is 0 Å². The molecular weight excluding hydrogens is 218 g/mol. The lowest BCUT2D eigenvalue weighted by Crippen LogP contribution is -2.16. The predicted molar refractivity (Wildman–Crippen MR) is 69.0 cm³/mol. The minimum Gasteiger partial charge on any atom is -0.360 e. The van der Waals surface area contributed by atoms with Gasteiger partial charge in [-0.05, 0) is 25.2 Å². The van der Waals surface area contributed by atoms with Gasteiger partial charge >= 0.3 is 0 Å². The van der Waals surface area contributed by atoms with Crippen LogP contribution in [0.1, 0.15) is 51.3 Å². The number of aryl methyl sites for hydroxylation is 1. The zero-order chi connectivity index (χ0) is 11.2. The van der Waals surface area contributed by atoms with E-state index in [1.54, 1.807) is 0 Å². The third-order valence-corrected chi connectivity index (χ3v) is 3.92. The van der Waals surface area contributed by atoms with Crippen LogP contribution in [0, 0.1) is 5.92 Å². The predicted octanol–water partition coefficient (Wildman–Crippen LogP) is 3.48. The van der Waals surface area contributed by atoms with E-state index in [0.29, 0.717) is 0 Å². The maximum Gasteiger partial charge on any atom is 0.202 e. The second-order valence-electron chi connectivity index (χ2n) is 4.65. The van der Waals surface area contributed by atoms with Crippen LogP contribution in [-0.2, 0) is 6.42 Å². The SMILES string of the molecule is CCCc1nsc(NCC2CCCCC2)n1. The van der Waals surface area contributed by atoms with Gasteiger partial charge in [0, 0.05) is 24.5 Å². The summed E-state index contributed by atoms with van der Waals surface area (Å²) in [5.41, 5.74) is 0. The molecule has 0 radical (unpaired) electrons. The zero-order valence-electron chi connectivity index (χ0n) is 10.0. The Morgan fingerprint density at radius 1 is 1.31 bits per heavy atom. The fraction of sp³-hybridized carbons (Fsp3) is 0.833. The van der Waals surface area contributed by atoms with Gasteiger partial charge in [-0.3, -0.25) is 0 Å². The average Bonchev–Trinajstić information content (AvgIpc) is 2.76. The van der Waals surface area contributed by atoms with Gasteiger partial charge in [-0.15, -0.1) is 0 Å². The molecule has 4 heteroatoms. The second-order valence-corrected chi connectivity index (χ2v) is 5.40. The summed E-state index contributed by atoms with van der Waals surface area (Å²) < 4.78 is 4.34. The van der Waals surface area contributed by atoms with Crippen LogP contribution >= 0.6 is 11.5 Å². The van der Waals surface area contributed by atoms with Gasteiger partial charge in [-0.25, -0.2) is 4.98 Å². The minimum atomic E-state index is 0.854. The standard InChI is InChI=1S/C12H21N3S/c1-2-6-11-14-12(16-15-11)13-9-10-7-4-3-5-8-10/h10H,2-9H2,1H3,(H,13,14,15). The fourth-order valence-corrected chi connectivity index (χ4v) is 2.89. The molecule has 1 aliphatic carbocycles. The van der Waals surface area contributed by atoms with Gasteiger partial charge < -0.3 is 5.32 Å². The molecule has 1 heterocycles. The molecule has 1 N–H and O–H groups in total.